The van der Waals surface area contributed by atoms with Gasteiger partial charge in [0.2, 0.25) is 10.0 Å². The molecule has 0 aromatic heterocycles. The van der Waals surface area contributed by atoms with Crippen molar-refractivity contribution >= 4 is 27.5 Å². The largest absolute Gasteiger partial charge is 0.496 e. The van der Waals surface area contributed by atoms with Crippen LogP contribution >= 0.6 is 11.6 Å². The maximum absolute atomic E-state index is 13.0. The predicted octanol–water partition coefficient (Wildman–Crippen LogP) is 4.13. The van der Waals surface area contributed by atoms with Gasteiger partial charge in [0.15, 0.2) is 0 Å². The second kappa shape index (κ2) is 10.5. The van der Waals surface area contributed by atoms with Crippen molar-refractivity contribution in [2.24, 2.45) is 5.92 Å². The number of carbonyl (C=O) groups is 1. The van der Waals surface area contributed by atoms with Gasteiger partial charge in [-0.2, -0.15) is 0 Å². The van der Waals surface area contributed by atoms with Gasteiger partial charge in [0.05, 0.1) is 17.6 Å². The molecule has 1 heterocycles. The van der Waals surface area contributed by atoms with Crippen LogP contribution in [0.1, 0.15) is 42.1 Å². The van der Waals surface area contributed by atoms with Crippen molar-refractivity contribution in [1.29, 1.82) is 0 Å². The normalized spacial score (nSPS) is 15.1. The summed E-state index contributed by atoms with van der Waals surface area (Å²) in [5, 5.41) is 0.677. The molecule has 1 aliphatic heterocycles. The lowest BCUT2D eigenvalue weighted by Gasteiger charge is -2.30. The third kappa shape index (κ3) is 5.99. The van der Waals surface area contributed by atoms with Gasteiger partial charge < -0.3 is 9.64 Å². The van der Waals surface area contributed by atoms with Crippen LogP contribution in [0.25, 0.3) is 0 Å². The number of carbonyl (C=O) groups excluding carboxylic acids is 1. The fourth-order valence-electron chi connectivity index (χ4n) is 3.67. The Morgan fingerprint density at radius 3 is 2.58 bits per heavy atom. The number of nitrogens with one attached hydrogen (secondary N) is 1. The number of aryl methyl sites for hydroxylation is 1. The Morgan fingerprint density at radius 2 is 1.90 bits per heavy atom. The zero-order valence-electron chi connectivity index (χ0n) is 17.9. The monoisotopic (exact) mass is 464 g/mol. The van der Waals surface area contributed by atoms with E-state index < -0.39 is 10.0 Å². The van der Waals surface area contributed by atoms with Crippen molar-refractivity contribution in [1.82, 2.24) is 9.62 Å². The van der Waals surface area contributed by atoms with Crippen LogP contribution in [-0.4, -0.2) is 46.0 Å². The van der Waals surface area contributed by atoms with E-state index in [1.807, 2.05) is 24.3 Å². The molecular formula is C23H29ClN2O4S. The standard InChI is InChI=1S/C23H29ClN2O4S/c1-17-11-14-26(15-12-17)23(27)20-16-19(9-10-22(20)30-2)31(28,29)25-13-5-7-18-6-3-4-8-21(18)24/h3-4,6,8-10,16-17,25H,5,7,11-15H2,1-2H3. The van der Waals surface area contributed by atoms with Crippen molar-refractivity contribution in [3.63, 3.8) is 0 Å². The summed E-state index contributed by atoms with van der Waals surface area (Å²) in [7, 11) is -2.28. The molecule has 6 nitrogen and oxygen atoms in total. The molecule has 1 saturated heterocycles. The predicted molar refractivity (Wildman–Crippen MR) is 122 cm³/mol. The Bertz CT molecular complexity index is 1020. The first-order valence-electron chi connectivity index (χ1n) is 10.5. The number of methoxy groups -OCH3 is 1. The summed E-state index contributed by atoms with van der Waals surface area (Å²) in [6.07, 6.45) is 3.16. The molecule has 0 radical (unpaired) electrons. The van der Waals surface area contributed by atoms with E-state index in [2.05, 4.69) is 11.6 Å². The molecule has 1 fully saturated rings. The van der Waals surface area contributed by atoms with Crippen LogP contribution in [0.2, 0.25) is 5.02 Å². The number of ether oxygens (including phenoxy) is 1. The molecule has 31 heavy (non-hydrogen) atoms. The van der Waals surface area contributed by atoms with E-state index in [4.69, 9.17) is 16.3 Å². The maximum atomic E-state index is 13.0. The Kier molecular flexibility index (Phi) is 7.97. The molecule has 1 aliphatic rings. The maximum Gasteiger partial charge on any atom is 0.257 e. The van der Waals surface area contributed by atoms with Crippen LogP contribution < -0.4 is 9.46 Å². The highest BCUT2D eigenvalue weighted by Gasteiger charge is 2.26. The van der Waals surface area contributed by atoms with Gasteiger partial charge in [-0.25, -0.2) is 13.1 Å². The zero-order valence-corrected chi connectivity index (χ0v) is 19.5. The minimum absolute atomic E-state index is 0.0553. The van der Waals surface area contributed by atoms with Gasteiger partial charge in [0.25, 0.3) is 5.91 Å². The summed E-state index contributed by atoms with van der Waals surface area (Å²) in [6, 6.07) is 11.9. The number of hydrogen-bond acceptors (Lipinski definition) is 4. The Morgan fingerprint density at radius 1 is 1.19 bits per heavy atom. The molecule has 168 valence electrons. The zero-order chi connectivity index (χ0) is 22.4. The number of hydrogen-bond donors (Lipinski definition) is 1. The third-order valence-corrected chi connectivity index (χ3v) is 7.48. The fourth-order valence-corrected chi connectivity index (χ4v) is 5.00. The Balaban J connectivity index is 1.68. The van der Waals surface area contributed by atoms with Crippen LogP contribution in [0.5, 0.6) is 5.75 Å². The highest BCUT2D eigenvalue weighted by molar-refractivity contribution is 7.89. The van der Waals surface area contributed by atoms with Gasteiger partial charge in [0, 0.05) is 24.7 Å². The Hall–Kier alpha value is -2.09. The van der Waals surface area contributed by atoms with Crippen molar-refractivity contribution < 1.29 is 17.9 Å². The molecule has 1 amide bonds. The molecule has 0 bridgehead atoms. The van der Waals surface area contributed by atoms with E-state index in [0.29, 0.717) is 42.6 Å². The SMILES string of the molecule is COc1ccc(S(=O)(=O)NCCCc2ccccc2Cl)cc1C(=O)N1CCC(C)CC1. The number of benzene rings is 2. The highest BCUT2D eigenvalue weighted by Crippen LogP contribution is 2.26. The number of rotatable bonds is 8. The first kappa shape index (κ1) is 23.6. The van der Waals surface area contributed by atoms with Crippen LogP contribution in [0.15, 0.2) is 47.4 Å². The molecular weight excluding hydrogens is 436 g/mol. The molecule has 1 N–H and O–H groups in total. The van der Waals surface area contributed by atoms with E-state index in [-0.39, 0.29) is 22.9 Å². The average molecular weight is 465 g/mol. The molecule has 2 aromatic rings. The number of amides is 1. The second-order valence-corrected chi connectivity index (χ2v) is 10.1. The van der Waals surface area contributed by atoms with E-state index in [1.54, 1.807) is 4.90 Å². The molecule has 2 aromatic carbocycles. The van der Waals surface area contributed by atoms with Crippen molar-refractivity contribution in [3.05, 3.63) is 58.6 Å². The van der Waals surface area contributed by atoms with Gasteiger partial charge in [-0.05, 0) is 61.4 Å². The number of piperidine rings is 1. The minimum atomic E-state index is -3.75. The van der Waals surface area contributed by atoms with Crippen molar-refractivity contribution in [3.8, 4) is 5.75 Å². The molecule has 8 heteroatoms. The van der Waals surface area contributed by atoms with Gasteiger partial charge in [-0.1, -0.05) is 36.7 Å². The summed E-state index contributed by atoms with van der Waals surface area (Å²) in [4.78, 5) is 14.9. The van der Waals surface area contributed by atoms with E-state index in [0.717, 1.165) is 18.4 Å². The summed E-state index contributed by atoms with van der Waals surface area (Å²) >= 11 is 6.15. The Labute approximate surface area is 189 Å². The average Bonchev–Trinajstić information content (AvgIpc) is 2.77. The first-order chi connectivity index (χ1) is 14.8. The first-order valence-corrected chi connectivity index (χ1v) is 12.4. The van der Waals surface area contributed by atoms with Gasteiger partial charge >= 0.3 is 0 Å². The number of halogens is 1. The highest BCUT2D eigenvalue weighted by atomic mass is 35.5. The smallest absolute Gasteiger partial charge is 0.257 e. The van der Waals surface area contributed by atoms with Crippen LogP contribution in [0.3, 0.4) is 0 Å². The number of likely N-dealkylation sites (tertiary alicyclic amines) is 1. The van der Waals surface area contributed by atoms with E-state index in [1.165, 1.54) is 25.3 Å². The molecule has 0 saturated carbocycles. The van der Waals surface area contributed by atoms with E-state index in [9.17, 15) is 13.2 Å². The molecule has 0 unspecified atom stereocenters. The van der Waals surface area contributed by atoms with Crippen LogP contribution in [0, 0.1) is 5.92 Å². The lowest BCUT2D eigenvalue weighted by Crippen LogP contribution is -2.38. The van der Waals surface area contributed by atoms with Crippen LogP contribution in [-0.2, 0) is 16.4 Å². The lowest BCUT2D eigenvalue weighted by molar-refractivity contribution is 0.0693. The van der Waals surface area contributed by atoms with Crippen molar-refractivity contribution in [2.75, 3.05) is 26.7 Å². The van der Waals surface area contributed by atoms with Gasteiger partial charge in [0.1, 0.15) is 5.75 Å². The fraction of sp³-hybridized carbons (Fsp3) is 0.435. The topological polar surface area (TPSA) is 75.7 Å². The molecule has 3 rings (SSSR count). The van der Waals surface area contributed by atoms with Gasteiger partial charge in [-0.15, -0.1) is 0 Å². The summed E-state index contributed by atoms with van der Waals surface area (Å²) in [6.45, 7) is 3.78. The lowest BCUT2D eigenvalue weighted by atomic mass is 9.98. The molecule has 0 spiro atoms. The van der Waals surface area contributed by atoms with Crippen molar-refractivity contribution in [2.45, 2.75) is 37.5 Å². The number of nitrogens with zero attached hydrogens (tertiary/aromatic N) is 1. The summed E-state index contributed by atoms with van der Waals surface area (Å²) < 4.78 is 33.5. The minimum Gasteiger partial charge on any atom is -0.496 e. The molecule has 0 atom stereocenters. The third-order valence-electron chi connectivity index (χ3n) is 5.66. The van der Waals surface area contributed by atoms with Gasteiger partial charge in [-0.3, -0.25) is 4.79 Å². The van der Waals surface area contributed by atoms with E-state index >= 15 is 0 Å². The number of sulfonamides is 1. The quantitative estimate of drug-likeness (QED) is 0.596. The molecule has 0 aliphatic carbocycles. The van der Waals surface area contributed by atoms with Crippen LogP contribution in [0.4, 0.5) is 0 Å². The second-order valence-electron chi connectivity index (χ2n) is 7.93. The summed E-state index contributed by atoms with van der Waals surface area (Å²) in [5.41, 5.74) is 1.26. The summed E-state index contributed by atoms with van der Waals surface area (Å²) in [5.74, 6) is 0.772.